The zero-order valence-corrected chi connectivity index (χ0v) is 13.7. The van der Waals surface area contributed by atoms with Gasteiger partial charge < -0.3 is 11.5 Å². The highest BCUT2D eigenvalue weighted by Gasteiger charge is 2.10. The molecule has 0 aliphatic carbocycles. The largest absolute Gasteiger partial charge is 0.397 e. The van der Waals surface area contributed by atoms with Gasteiger partial charge in [-0.25, -0.2) is 8.78 Å². The first-order chi connectivity index (χ1) is 11.5. The van der Waals surface area contributed by atoms with Gasteiger partial charge in [0.25, 0.3) is 0 Å². The minimum absolute atomic E-state index is 0.300. The van der Waals surface area contributed by atoms with E-state index in [0.717, 1.165) is 22.3 Å². The summed E-state index contributed by atoms with van der Waals surface area (Å²) < 4.78 is 26.1. The molecule has 0 fully saturated rings. The molecule has 0 aliphatic heterocycles. The number of nitrogens with two attached hydrogens (primary N) is 2. The molecule has 0 atom stereocenters. The lowest BCUT2D eigenvalue weighted by atomic mass is 9.96. The SMILES string of the molecule is CC.Nc1cc(-c2ccc(F)cc2)cc(-c2ccc(F)cc2)c1N. The van der Waals surface area contributed by atoms with Crippen molar-refractivity contribution in [3.63, 3.8) is 0 Å². The molecule has 124 valence electrons. The first-order valence-corrected chi connectivity index (χ1v) is 7.75. The average molecular weight is 326 g/mol. The molecule has 4 heteroatoms. The summed E-state index contributed by atoms with van der Waals surface area (Å²) in [5, 5.41) is 0. The summed E-state index contributed by atoms with van der Waals surface area (Å²) in [4.78, 5) is 0. The van der Waals surface area contributed by atoms with E-state index in [9.17, 15) is 8.78 Å². The second-order valence-electron chi connectivity index (χ2n) is 5.04. The van der Waals surface area contributed by atoms with Gasteiger partial charge in [-0.3, -0.25) is 0 Å². The third-order valence-corrected chi connectivity index (χ3v) is 3.54. The zero-order chi connectivity index (χ0) is 17.7. The first-order valence-electron chi connectivity index (χ1n) is 7.75. The van der Waals surface area contributed by atoms with Crippen LogP contribution >= 0.6 is 0 Å². The lowest BCUT2D eigenvalue weighted by molar-refractivity contribution is 0.627. The topological polar surface area (TPSA) is 52.0 Å². The van der Waals surface area contributed by atoms with Crippen molar-refractivity contribution in [1.82, 2.24) is 0 Å². The van der Waals surface area contributed by atoms with E-state index in [2.05, 4.69) is 0 Å². The molecule has 24 heavy (non-hydrogen) atoms. The highest BCUT2D eigenvalue weighted by Crippen LogP contribution is 2.35. The van der Waals surface area contributed by atoms with Crippen LogP contribution in [0.2, 0.25) is 0 Å². The second-order valence-corrected chi connectivity index (χ2v) is 5.04. The second kappa shape index (κ2) is 7.59. The van der Waals surface area contributed by atoms with Crippen LogP contribution in [-0.4, -0.2) is 0 Å². The number of hydrogen-bond donors (Lipinski definition) is 2. The van der Waals surface area contributed by atoms with E-state index in [-0.39, 0.29) is 11.6 Å². The van der Waals surface area contributed by atoms with E-state index >= 15 is 0 Å². The maximum atomic E-state index is 13.1. The van der Waals surface area contributed by atoms with Crippen LogP contribution in [0.4, 0.5) is 20.2 Å². The van der Waals surface area contributed by atoms with E-state index in [1.54, 1.807) is 30.3 Å². The maximum absolute atomic E-state index is 13.1. The molecule has 0 amide bonds. The van der Waals surface area contributed by atoms with Crippen LogP contribution in [0.5, 0.6) is 0 Å². The molecule has 4 N–H and O–H groups in total. The quantitative estimate of drug-likeness (QED) is 0.612. The maximum Gasteiger partial charge on any atom is 0.123 e. The van der Waals surface area contributed by atoms with Crippen molar-refractivity contribution in [2.45, 2.75) is 13.8 Å². The summed E-state index contributed by atoms with van der Waals surface area (Å²) in [6, 6.07) is 15.8. The van der Waals surface area contributed by atoms with E-state index in [1.807, 2.05) is 19.9 Å². The molecular weight excluding hydrogens is 306 g/mol. The van der Waals surface area contributed by atoms with Crippen molar-refractivity contribution >= 4 is 11.4 Å². The Kier molecular flexibility index (Phi) is 5.53. The number of anilines is 2. The van der Waals surface area contributed by atoms with Crippen molar-refractivity contribution in [3.8, 4) is 22.3 Å². The predicted octanol–water partition coefficient (Wildman–Crippen LogP) is 5.49. The molecule has 0 aliphatic rings. The minimum Gasteiger partial charge on any atom is -0.397 e. The van der Waals surface area contributed by atoms with Gasteiger partial charge in [0.2, 0.25) is 0 Å². The molecule has 0 unspecified atom stereocenters. The summed E-state index contributed by atoms with van der Waals surface area (Å²) in [6.07, 6.45) is 0. The van der Waals surface area contributed by atoms with Crippen LogP contribution < -0.4 is 11.5 Å². The Bertz CT molecular complexity index is 810. The van der Waals surface area contributed by atoms with Crippen LogP contribution in [0.1, 0.15) is 13.8 Å². The number of benzene rings is 3. The van der Waals surface area contributed by atoms with Crippen molar-refractivity contribution in [3.05, 3.63) is 72.3 Å². The molecule has 0 heterocycles. The Morgan fingerprint density at radius 3 is 1.58 bits per heavy atom. The van der Waals surface area contributed by atoms with Crippen LogP contribution in [0.15, 0.2) is 60.7 Å². The Morgan fingerprint density at radius 1 is 0.625 bits per heavy atom. The summed E-state index contributed by atoms with van der Waals surface area (Å²) in [6.45, 7) is 4.00. The Hall–Kier alpha value is -2.88. The summed E-state index contributed by atoms with van der Waals surface area (Å²) >= 11 is 0. The molecule has 0 bridgehead atoms. The third-order valence-electron chi connectivity index (χ3n) is 3.54. The van der Waals surface area contributed by atoms with Crippen LogP contribution in [-0.2, 0) is 0 Å². The molecule has 0 saturated heterocycles. The van der Waals surface area contributed by atoms with Gasteiger partial charge in [-0.05, 0) is 53.1 Å². The van der Waals surface area contributed by atoms with Gasteiger partial charge in [0.15, 0.2) is 0 Å². The Morgan fingerprint density at radius 2 is 1.08 bits per heavy atom. The smallest absolute Gasteiger partial charge is 0.123 e. The van der Waals surface area contributed by atoms with E-state index in [1.165, 1.54) is 24.3 Å². The van der Waals surface area contributed by atoms with Gasteiger partial charge >= 0.3 is 0 Å². The fraction of sp³-hybridized carbons (Fsp3) is 0.100. The number of nitrogen functional groups attached to an aromatic ring is 2. The first kappa shape index (κ1) is 17.5. The van der Waals surface area contributed by atoms with Gasteiger partial charge in [0, 0.05) is 5.56 Å². The van der Waals surface area contributed by atoms with Gasteiger partial charge in [-0.1, -0.05) is 38.1 Å². The molecule has 0 aromatic heterocycles. The summed E-state index contributed by atoms with van der Waals surface area (Å²) in [7, 11) is 0. The highest BCUT2D eigenvalue weighted by atomic mass is 19.1. The van der Waals surface area contributed by atoms with Gasteiger partial charge in [0.1, 0.15) is 11.6 Å². The average Bonchev–Trinajstić information content (AvgIpc) is 2.60. The van der Waals surface area contributed by atoms with Crippen molar-refractivity contribution in [1.29, 1.82) is 0 Å². The highest BCUT2D eigenvalue weighted by molar-refractivity contribution is 5.89. The normalized spacial score (nSPS) is 10.0. The summed E-state index contributed by atoms with van der Waals surface area (Å²) in [5.74, 6) is -0.615. The van der Waals surface area contributed by atoms with Gasteiger partial charge in [-0.15, -0.1) is 0 Å². The lowest BCUT2D eigenvalue weighted by Gasteiger charge is -2.12. The van der Waals surface area contributed by atoms with E-state index in [0.29, 0.717) is 11.4 Å². The fourth-order valence-electron chi connectivity index (χ4n) is 2.35. The van der Waals surface area contributed by atoms with Crippen molar-refractivity contribution in [2.75, 3.05) is 11.5 Å². The fourth-order valence-corrected chi connectivity index (χ4v) is 2.35. The monoisotopic (exact) mass is 326 g/mol. The molecule has 3 aromatic rings. The summed E-state index contributed by atoms with van der Waals surface area (Å²) in [5.41, 5.74) is 16.1. The molecule has 3 rings (SSSR count). The van der Waals surface area contributed by atoms with E-state index in [4.69, 9.17) is 11.5 Å². The molecule has 3 aromatic carbocycles. The van der Waals surface area contributed by atoms with Crippen molar-refractivity contribution < 1.29 is 8.78 Å². The lowest BCUT2D eigenvalue weighted by Crippen LogP contribution is -1.98. The van der Waals surface area contributed by atoms with Crippen molar-refractivity contribution in [2.24, 2.45) is 0 Å². The van der Waals surface area contributed by atoms with Crippen LogP contribution in [0, 0.1) is 11.6 Å². The van der Waals surface area contributed by atoms with Crippen LogP contribution in [0.3, 0.4) is 0 Å². The molecule has 2 nitrogen and oxygen atoms in total. The molecular formula is C20H20F2N2. The van der Waals surface area contributed by atoms with E-state index < -0.39 is 0 Å². The predicted molar refractivity (Wildman–Crippen MR) is 97.4 cm³/mol. The minimum atomic E-state index is -0.315. The molecule has 0 radical (unpaired) electrons. The zero-order valence-electron chi connectivity index (χ0n) is 13.7. The standard InChI is InChI=1S/C18H14F2N2.C2H6/c19-14-5-1-11(2-6-14)13-9-16(18(22)17(21)10-13)12-3-7-15(20)8-4-12;1-2/h1-10H,21-22H2;1-2H3. The van der Waals surface area contributed by atoms with Crippen LogP contribution in [0.25, 0.3) is 22.3 Å². The molecule has 0 saturated carbocycles. The third kappa shape index (κ3) is 3.71. The number of halogens is 2. The molecule has 0 spiro atoms. The number of hydrogen-bond acceptors (Lipinski definition) is 2. The number of rotatable bonds is 2. The van der Waals surface area contributed by atoms with Gasteiger partial charge in [-0.2, -0.15) is 0 Å². The Balaban J connectivity index is 0.00000100. The Labute approximate surface area is 140 Å². The van der Waals surface area contributed by atoms with Gasteiger partial charge in [0.05, 0.1) is 11.4 Å².